The molecule has 0 aliphatic heterocycles. The normalized spacial score (nSPS) is 11.5. The van der Waals surface area contributed by atoms with Crippen molar-refractivity contribution >= 4 is 62.9 Å². The molecule has 2 heterocycles. The van der Waals surface area contributed by atoms with Crippen molar-refractivity contribution in [2.24, 2.45) is 0 Å². The summed E-state index contributed by atoms with van der Waals surface area (Å²) in [7, 11) is 1.33. The second-order valence-corrected chi connectivity index (χ2v) is 11.2. The molecule has 0 spiro atoms. The number of hydrogen-bond donors (Lipinski definition) is 2. The summed E-state index contributed by atoms with van der Waals surface area (Å²) < 4.78 is 5.01. The van der Waals surface area contributed by atoms with Crippen molar-refractivity contribution in [3.63, 3.8) is 0 Å². The van der Waals surface area contributed by atoms with E-state index >= 15 is 0 Å². The largest absolute Gasteiger partial charge is 0.465 e. The van der Waals surface area contributed by atoms with Crippen molar-refractivity contribution in [3.05, 3.63) is 87.4 Å². The molecule has 0 aliphatic carbocycles. The van der Waals surface area contributed by atoms with Gasteiger partial charge in [-0.25, -0.2) is 4.79 Å². The molecule has 0 saturated carbocycles. The average molecular weight is 537 g/mol. The Hall–Kier alpha value is -3.40. The van der Waals surface area contributed by atoms with Crippen LogP contribution in [0.4, 0.5) is 10.7 Å². The van der Waals surface area contributed by atoms with E-state index in [0.717, 1.165) is 21.6 Å². The summed E-state index contributed by atoms with van der Waals surface area (Å²) in [6.45, 7) is 3.79. The number of carbonyl (C=O) groups is 3. The second kappa shape index (κ2) is 11.6. The number of rotatable bonds is 8. The minimum Gasteiger partial charge on any atom is -0.465 e. The number of thiophene rings is 2. The van der Waals surface area contributed by atoms with Crippen molar-refractivity contribution < 1.29 is 19.1 Å². The number of anilines is 2. The number of esters is 1. The number of carbonyl (C=O) groups excluding carboxylic acids is 3. The fourth-order valence-electron chi connectivity index (χ4n) is 3.42. The van der Waals surface area contributed by atoms with Crippen LogP contribution in [0.25, 0.3) is 11.1 Å². The average Bonchev–Trinajstić information content (AvgIpc) is 3.55. The maximum Gasteiger partial charge on any atom is 0.341 e. The van der Waals surface area contributed by atoms with Crippen LogP contribution in [0.15, 0.2) is 76.3 Å². The third-order valence-electron chi connectivity index (χ3n) is 5.30. The van der Waals surface area contributed by atoms with Gasteiger partial charge < -0.3 is 15.4 Å². The van der Waals surface area contributed by atoms with Crippen LogP contribution < -0.4 is 10.6 Å². The first-order valence-electron chi connectivity index (χ1n) is 11.0. The molecule has 36 heavy (non-hydrogen) atoms. The van der Waals surface area contributed by atoms with E-state index in [2.05, 4.69) is 10.6 Å². The Morgan fingerprint density at radius 3 is 2.44 bits per heavy atom. The molecule has 0 radical (unpaired) electrons. The zero-order valence-electron chi connectivity index (χ0n) is 19.9. The van der Waals surface area contributed by atoms with Gasteiger partial charge in [-0.1, -0.05) is 42.0 Å². The Balaban J connectivity index is 1.47. The molecule has 2 aromatic carbocycles. The van der Waals surface area contributed by atoms with Gasteiger partial charge in [0, 0.05) is 21.5 Å². The highest BCUT2D eigenvalue weighted by Crippen LogP contribution is 2.37. The molecule has 9 heteroatoms. The molecule has 2 amide bonds. The second-order valence-electron chi connectivity index (χ2n) is 7.92. The minimum absolute atomic E-state index is 0.171. The quantitative estimate of drug-likeness (QED) is 0.188. The lowest BCUT2D eigenvalue weighted by Crippen LogP contribution is -2.23. The summed E-state index contributed by atoms with van der Waals surface area (Å²) in [6, 6.07) is 18.8. The number of amides is 2. The molecule has 0 fully saturated rings. The van der Waals surface area contributed by atoms with Crippen LogP contribution in [0.2, 0.25) is 0 Å². The van der Waals surface area contributed by atoms with Gasteiger partial charge in [-0.2, -0.15) is 0 Å². The summed E-state index contributed by atoms with van der Waals surface area (Å²) in [6.07, 6.45) is 0. The van der Waals surface area contributed by atoms with Gasteiger partial charge in [-0.05, 0) is 49.1 Å². The highest BCUT2D eigenvalue weighted by atomic mass is 32.2. The van der Waals surface area contributed by atoms with Gasteiger partial charge in [-0.15, -0.1) is 34.4 Å². The van der Waals surface area contributed by atoms with Gasteiger partial charge in [0.1, 0.15) is 10.6 Å². The van der Waals surface area contributed by atoms with Crippen molar-refractivity contribution in [1.82, 2.24) is 0 Å². The Morgan fingerprint density at radius 2 is 1.75 bits per heavy atom. The van der Waals surface area contributed by atoms with Gasteiger partial charge in [0.2, 0.25) is 5.91 Å². The Morgan fingerprint density at radius 1 is 0.972 bits per heavy atom. The van der Waals surface area contributed by atoms with E-state index < -0.39 is 11.2 Å². The fraction of sp³-hybridized carbons (Fsp3) is 0.148. The summed E-state index contributed by atoms with van der Waals surface area (Å²) >= 11 is 4.03. The summed E-state index contributed by atoms with van der Waals surface area (Å²) in [5.74, 6) is -0.914. The van der Waals surface area contributed by atoms with Gasteiger partial charge >= 0.3 is 5.97 Å². The molecule has 1 unspecified atom stereocenters. The van der Waals surface area contributed by atoms with Gasteiger partial charge in [0.05, 0.1) is 17.2 Å². The van der Waals surface area contributed by atoms with Crippen molar-refractivity contribution in [3.8, 4) is 11.1 Å². The van der Waals surface area contributed by atoms with E-state index in [0.29, 0.717) is 21.1 Å². The van der Waals surface area contributed by atoms with E-state index in [9.17, 15) is 14.4 Å². The molecule has 4 rings (SSSR count). The molecule has 1 atom stereocenters. The maximum absolute atomic E-state index is 13.0. The molecule has 0 aliphatic rings. The van der Waals surface area contributed by atoms with Crippen LogP contribution in [-0.2, 0) is 9.53 Å². The topological polar surface area (TPSA) is 84.5 Å². The minimum atomic E-state index is -0.503. The molecule has 0 saturated heterocycles. The Labute approximate surface area is 221 Å². The van der Waals surface area contributed by atoms with E-state index in [1.165, 1.54) is 41.5 Å². The highest BCUT2D eigenvalue weighted by molar-refractivity contribution is 8.00. The summed E-state index contributed by atoms with van der Waals surface area (Å²) in [5, 5.41) is 9.48. The first-order valence-corrected chi connectivity index (χ1v) is 13.7. The molecular weight excluding hydrogens is 513 g/mol. The number of benzene rings is 2. The van der Waals surface area contributed by atoms with Crippen LogP contribution in [0, 0.1) is 6.92 Å². The molecule has 2 aromatic heterocycles. The molecule has 2 N–H and O–H groups in total. The first-order chi connectivity index (χ1) is 17.4. The lowest BCUT2D eigenvalue weighted by Gasteiger charge is -2.13. The Bertz CT molecular complexity index is 1380. The van der Waals surface area contributed by atoms with Gasteiger partial charge in [0.25, 0.3) is 5.91 Å². The lowest BCUT2D eigenvalue weighted by atomic mass is 10.0. The molecule has 184 valence electrons. The predicted molar refractivity (Wildman–Crippen MR) is 148 cm³/mol. The number of methoxy groups -OCH3 is 1. The molecular formula is C27H24N2O4S3. The predicted octanol–water partition coefficient (Wildman–Crippen LogP) is 6.94. The summed E-state index contributed by atoms with van der Waals surface area (Å²) in [4.78, 5) is 39.5. The summed E-state index contributed by atoms with van der Waals surface area (Å²) in [5.41, 5.74) is 3.71. The molecule has 0 bridgehead atoms. The van der Waals surface area contributed by atoms with Crippen LogP contribution >= 0.6 is 34.4 Å². The number of thioether (sulfide) groups is 1. The van der Waals surface area contributed by atoms with Gasteiger partial charge in [0.15, 0.2) is 0 Å². The van der Waals surface area contributed by atoms with E-state index in [-0.39, 0.29) is 11.8 Å². The standard InChI is InChI=1S/C27H24N2O4S3/c1-16-9-11-18(12-10-16)21-15-35-26(23(21)27(32)33-3)29-24(30)17(2)36-20-7-4-6-19(14-20)28-25(31)22-8-5-13-34-22/h4-15,17H,1-3H3,(H,28,31)(H,29,30). The van der Waals surface area contributed by atoms with Gasteiger partial charge in [-0.3, -0.25) is 9.59 Å². The molecule has 4 aromatic rings. The number of hydrogen-bond acceptors (Lipinski definition) is 7. The van der Waals surface area contributed by atoms with Crippen molar-refractivity contribution in [1.29, 1.82) is 0 Å². The fourth-order valence-corrected chi connectivity index (χ4v) is 5.92. The molecule has 6 nitrogen and oxygen atoms in total. The van der Waals surface area contributed by atoms with E-state index in [1.54, 1.807) is 19.1 Å². The number of aryl methyl sites for hydroxylation is 1. The zero-order valence-corrected chi connectivity index (χ0v) is 22.3. The number of nitrogens with one attached hydrogen (secondary N) is 2. The first kappa shape index (κ1) is 25.7. The van der Waals surface area contributed by atoms with Crippen LogP contribution in [0.1, 0.15) is 32.5 Å². The van der Waals surface area contributed by atoms with Crippen LogP contribution in [0.3, 0.4) is 0 Å². The highest BCUT2D eigenvalue weighted by Gasteiger charge is 2.24. The zero-order chi connectivity index (χ0) is 25.7. The third-order valence-corrected chi connectivity index (χ3v) is 8.16. The maximum atomic E-state index is 13.0. The lowest BCUT2D eigenvalue weighted by molar-refractivity contribution is -0.115. The monoisotopic (exact) mass is 536 g/mol. The van der Waals surface area contributed by atoms with Crippen LogP contribution in [0.5, 0.6) is 0 Å². The van der Waals surface area contributed by atoms with Crippen molar-refractivity contribution in [2.45, 2.75) is 24.0 Å². The smallest absolute Gasteiger partial charge is 0.341 e. The Kier molecular flexibility index (Phi) is 8.25. The van der Waals surface area contributed by atoms with Crippen LogP contribution in [-0.4, -0.2) is 30.1 Å². The SMILES string of the molecule is COC(=O)c1c(-c2ccc(C)cc2)csc1NC(=O)C(C)Sc1cccc(NC(=O)c2cccs2)c1. The van der Waals surface area contributed by atoms with Crippen molar-refractivity contribution in [2.75, 3.05) is 17.7 Å². The third kappa shape index (κ3) is 6.04. The van der Waals surface area contributed by atoms with E-state index in [4.69, 9.17) is 4.74 Å². The van der Waals surface area contributed by atoms with E-state index in [1.807, 2.05) is 66.2 Å². The number of ether oxygens (including phenoxy) is 1.